The van der Waals surface area contributed by atoms with Gasteiger partial charge in [0.2, 0.25) is 0 Å². The minimum atomic E-state index is -1.15. The first-order valence-corrected chi connectivity index (χ1v) is 6.23. The molecule has 3 nitrogen and oxygen atoms in total. The SMILES string of the molecule is OC(O)C(C1CCCCC1)C1CCOC1. The Morgan fingerprint density at radius 1 is 0.933 bits per heavy atom. The van der Waals surface area contributed by atoms with E-state index in [1.165, 1.54) is 32.1 Å². The van der Waals surface area contributed by atoms with Crippen molar-refractivity contribution in [3.05, 3.63) is 0 Å². The molecule has 2 unspecified atom stereocenters. The van der Waals surface area contributed by atoms with E-state index >= 15 is 0 Å². The largest absolute Gasteiger partial charge is 0.381 e. The van der Waals surface area contributed by atoms with Gasteiger partial charge in [-0.2, -0.15) is 0 Å². The molecule has 2 rings (SSSR count). The van der Waals surface area contributed by atoms with Crippen molar-refractivity contribution in [3.63, 3.8) is 0 Å². The van der Waals surface area contributed by atoms with Crippen LogP contribution in [0.3, 0.4) is 0 Å². The Morgan fingerprint density at radius 2 is 1.67 bits per heavy atom. The molecule has 1 aliphatic carbocycles. The predicted octanol–water partition coefficient (Wildman–Crippen LogP) is 1.53. The van der Waals surface area contributed by atoms with Crippen LogP contribution in [0.4, 0.5) is 0 Å². The van der Waals surface area contributed by atoms with Crippen molar-refractivity contribution < 1.29 is 14.9 Å². The molecule has 2 fully saturated rings. The molecule has 1 saturated carbocycles. The number of rotatable bonds is 3. The van der Waals surface area contributed by atoms with Gasteiger partial charge in [-0.25, -0.2) is 0 Å². The molecule has 2 aliphatic rings. The third-order valence-corrected chi connectivity index (χ3v) is 4.05. The lowest BCUT2D eigenvalue weighted by Crippen LogP contribution is -2.35. The second-order valence-corrected chi connectivity index (χ2v) is 5.01. The predicted molar refractivity (Wildman–Crippen MR) is 57.2 cm³/mol. The van der Waals surface area contributed by atoms with E-state index in [1.54, 1.807) is 0 Å². The van der Waals surface area contributed by atoms with E-state index in [4.69, 9.17) is 4.74 Å². The van der Waals surface area contributed by atoms with Crippen molar-refractivity contribution in [2.75, 3.05) is 13.2 Å². The number of hydrogen-bond acceptors (Lipinski definition) is 3. The van der Waals surface area contributed by atoms with Crippen LogP contribution < -0.4 is 0 Å². The van der Waals surface area contributed by atoms with E-state index in [2.05, 4.69) is 0 Å². The van der Waals surface area contributed by atoms with Crippen LogP contribution in [0.25, 0.3) is 0 Å². The van der Waals surface area contributed by atoms with Gasteiger partial charge >= 0.3 is 0 Å². The van der Waals surface area contributed by atoms with Crippen LogP contribution >= 0.6 is 0 Å². The van der Waals surface area contributed by atoms with Crippen molar-refractivity contribution in [1.82, 2.24) is 0 Å². The minimum absolute atomic E-state index is 0.0489. The molecule has 1 saturated heterocycles. The second kappa shape index (κ2) is 5.28. The molecule has 2 atom stereocenters. The molecule has 0 bridgehead atoms. The highest BCUT2D eigenvalue weighted by atomic mass is 16.5. The molecule has 88 valence electrons. The summed E-state index contributed by atoms with van der Waals surface area (Å²) in [6.07, 6.45) is 5.99. The van der Waals surface area contributed by atoms with E-state index in [-0.39, 0.29) is 5.92 Å². The van der Waals surface area contributed by atoms with Gasteiger partial charge in [-0.05, 0) is 31.1 Å². The summed E-state index contributed by atoms with van der Waals surface area (Å²) in [7, 11) is 0. The van der Waals surface area contributed by atoms with E-state index in [9.17, 15) is 10.2 Å². The maximum Gasteiger partial charge on any atom is 0.154 e. The Labute approximate surface area is 91.4 Å². The molecule has 0 aromatic carbocycles. The van der Waals surface area contributed by atoms with Gasteiger partial charge in [0.15, 0.2) is 6.29 Å². The topological polar surface area (TPSA) is 49.7 Å². The Morgan fingerprint density at radius 3 is 2.20 bits per heavy atom. The summed E-state index contributed by atoms with van der Waals surface area (Å²) in [5.74, 6) is 0.923. The van der Waals surface area contributed by atoms with Crippen molar-refractivity contribution in [3.8, 4) is 0 Å². The molecule has 3 heteroatoms. The Hall–Kier alpha value is -0.120. The maximum absolute atomic E-state index is 9.52. The summed E-state index contributed by atoms with van der Waals surface area (Å²) in [5, 5.41) is 19.0. The van der Waals surface area contributed by atoms with Crippen LogP contribution in [0.15, 0.2) is 0 Å². The van der Waals surface area contributed by atoms with E-state index in [1.807, 2.05) is 0 Å². The van der Waals surface area contributed by atoms with E-state index < -0.39 is 6.29 Å². The molecule has 0 aromatic rings. The minimum Gasteiger partial charge on any atom is -0.381 e. The Bertz CT molecular complexity index is 181. The van der Waals surface area contributed by atoms with Gasteiger partial charge < -0.3 is 14.9 Å². The third kappa shape index (κ3) is 2.71. The summed E-state index contributed by atoms with van der Waals surface area (Å²) >= 11 is 0. The van der Waals surface area contributed by atoms with Crippen LogP contribution in [0.2, 0.25) is 0 Å². The van der Waals surface area contributed by atoms with Gasteiger partial charge in [0, 0.05) is 19.1 Å². The molecule has 0 aromatic heterocycles. The van der Waals surface area contributed by atoms with Gasteiger partial charge in [-0.15, -0.1) is 0 Å². The van der Waals surface area contributed by atoms with Crippen molar-refractivity contribution in [2.24, 2.45) is 17.8 Å². The molecule has 15 heavy (non-hydrogen) atoms. The average Bonchev–Trinajstić information content (AvgIpc) is 2.72. The highest BCUT2D eigenvalue weighted by Gasteiger charge is 2.36. The zero-order valence-electron chi connectivity index (χ0n) is 9.27. The second-order valence-electron chi connectivity index (χ2n) is 5.01. The van der Waals surface area contributed by atoms with Crippen LogP contribution in [0, 0.1) is 17.8 Å². The summed E-state index contributed by atoms with van der Waals surface area (Å²) in [4.78, 5) is 0. The van der Waals surface area contributed by atoms with Gasteiger partial charge in [-0.3, -0.25) is 0 Å². The fourth-order valence-corrected chi connectivity index (χ4v) is 3.25. The lowest BCUT2D eigenvalue weighted by Gasteiger charge is -2.34. The van der Waals surface area contributed by atoms with Gasteiger partial charge in [0.1, 0.15) is 0 Å². The quantitative estimate of drug-likeness (QED) is 0.700. The fourth-order valence-electron chi connectivity index (χ4n) is 3.25. The van der Waals surface area contributed by atoms with Crippen molar-refractivity contribution in [1.29, 1.82) is 0 Å². The van der Waals surface area contributed by atoms with Crippen molar-refractivity contribution in [2.45, 2.75) is 44.8 Å². The molecule has 0 radical (unpaired) electrons. The zero-order valence-corrected chi connectivity index (χ0v) is 9.27. The third-order valence-electron chi connectivity index (χ3n) is 4.05. The molecular weight excluding hydrogens is 192 g/mol. The molecule has 1 aliphatic heterocycles. The zero-order chi connectivity index (χ0) is 10.7. The first-order chi connectivity index (χ1) is 7.29. The monoisotopic (exact) mass is 214 g/mol. The van der Waals surface area contributed by atoms with Crippen molar-refractivity contribution >= 4 is 0 Å². The van der Waals surface area contributed by atoms with E-state index in [0.717, 1.165) is 19.6 Å². The smallest absolute Gasteiger partial charge is 0.154 e. The molecular formula is C12H22O3. The Kier molecular flexibility index (Phi) is 4.00. The summed E-state index contributed by atoms with van der Waals surface area (Å²) in [5.41, 5.74) is 0. The number of aliphatic hydroxyl groups is 2. The fraction of sp³-hybridized carbons (Fsp3) is 1.00. The molecule has 0 spiro atoms. The first kappa shape index (κ1) is 11.4. The van der Waals surface area contributed by atoms with Gasteiger partial charge in [-0.1, -0.05) is 19.3 Å². The van der Waals surface area contributed by atoms with Crippen LogP contribution in [0.1, 0.15) is 38.5 Å². The molecule has 0 amide bonds. The highest BCUT2D eigenvalue weighted by Crippen LogP contribution is 2.38. The lowest BCUT2D eigenvalue weighted by molar-refractivity contribution is -0.123. The lowest BCUT2D eigenvalue weighted by atomic mass is 9.73. The first-order valence-electron chi connectivity index (χ1n) is 6.23. The molecule has 1 heterocycles. The van der Waals surface area contributed by atoms with Crippen LogP contribution in [0.5, 0.6) is 0 Å². The summed E-state index contributed by atoms with van der Waals surface area (Å²) in [6.45, 7) is 1.51. The van der Waals surface area contributed by atoms with E-state index in [0.29, 0.717) is 11.8 Å². The molecule has 2 N–H and O–H groups in total. The average molecular weight is 214 g/mol. The maximum atomic E-state index is 9.52. The normalized spacial score (nSPS) is 31.0. The standard InChI is InChI=1S/C12H22O3/c13-12(14)11(10-6-7-15-8-10)9-4-2-1-3-5-9/h9-14H,1-8H2. The van der Waals surface area contributed by atoms with Gasteiger partial charge in [0.25, 0.3) is 0 Å². The number of aliphatic hydroxyl groups excluding tert-OH is 1. The highest BCUT2D eigenvalue weighted by molar-refractivity contribution is 4.82. The summed E-state index contributed by atoms with van der Waals surface area (Å²) < 4.78 is 5.36. The van der Waals surface area contributed by atoms with Gasteiger partial charge in [0.05, 0.1) is 0 Å². The number of ether oxygens (including phenoxy) is 1. The van der Waals surface area contributed by atoms with Crippen LogP contribution in [-0.2, 0) is 4.74 Å². The number of hydrogen-bond donors (Lipinski definition) is 2. The Balaban J connectivity index is 1.97. The van der Waals surface area contributed by atoms with Crippen LogP contribution in [-0.4, -0.2) is 29.7 Å². The summed E-state index contributed by atoms with van der Waals surface area (Å²) in [6, 6.07) is 0.